The lowest BCUT2D eigenvalue weighted by Crippen LogP contribution is -2.38. The van der Waals surface area contributed by atoms with Crippen LogP contribution in [-0.4, -0.2) is 54.4 Å². The molecule has 6 heteroatoms. The molecule has 0 unspecified atom stereocenters. The van der Waals surface area contributed by atoms with Gasteiger partial charge in [-0.05, 0) is 48.6 Å². The molecule has 4 rings (SSSR count). The SMILES string of the molecule is CCOc1ccccc1C(=O)N1CCN(Cc2ccccc2)CCCN(C(=O)CC(C)C)c2ccccc2C1. The van der Waals surface area contributed by atoms with Crippen molar-refractivity contribution in [2.24, 2.45) is 5.92 Å². The van der Waals surface area contributed by atoms with E-state index in [4.69, 9.17) is 4.74 Å². The predicted octanol–water partition coefficient (Wildman–Crippen LogP) is 6.01. The molecule has 1 heterocycles. The number of hydrogen-bond donors (Lipinski definition) is 0. The van der Waals surface area contributed by atoms with Crippen LogP contribution in [0.25, 0.3) is 0 Å². The fourth-order valence-electron chi connectivity index (χ4n) is 5.13. The van der Waals surface area contributed by atoms with Crippen molar-refractivity contribution in [3.8, 4) is 5.75 Å². The molecular formula is C33H41N3O3. The fourth-order valence-corrected chi connectivity index (χ4v) is 5.13. The van der Waals surface area contributed by atoms with E-state index in [0.29, 0.717) is 44.0 Å². The number of nitrogens with zero attached hydrogens (tertiary/aromatic N) is 3. The Morgan fingerprint density at radius 1 is 0.846 bits per heavy atom. The Morgan fingerprint density at radius 2 is 1.56 bits per heavy atom. The van der Waals surface area contributed by atoms with Crippen LogP contribution in [-0.2, 0) is 17.9 Å². The lowest BCUT2D eigenvalue weighted by atomic mass is 10.1. The molecule has 0 spiro atoms. The van der Waals surface area contributed by atoms with E-state index in [2.05, 4.69) is 43.0 Å². The number of rotatable bonds is 7. The molecule has 1 aliphatic heterocycles. The quantitative estimate of drug-likeness (QED) is 0.378. The maximum absolute atomic E-state index is 14.0. The first kappa shape index (κ1) is 28.4. The van der Waals surface area contributed by atoms with Gasteiger partial charge in [-0.25, -0.2) is 0 Å². The third kappa shape index (κ3) is 7.70. The van der Waals surface area contributed by atoms with Gasteiger partial charge in [0.05, 0.1) is 12.2 Å². The second-order valence-electron chi connectivity index (χ2n) is 10.5. The molecule has 0 aliphatic carbocycles. The molecule has 0 atom stereocenters. The Labute approximate surface area is 233 Å². The van der Waals surface area contributed by atoms with E-state index in [1.165, 1.54) is 5.56 Å². The molecule has 3 aromatic rings. The van der Waals surface area contributed by atoms with E-state index in [9.17, 15) is 9.59 Å². The van der Waals surface area contributed by atoms with Crippen LogP contribution in [0.1, 0.15) is 55.1 Å². The number of para-hydroxylation sites is 2. The molecule has 6 nitrogen and oxygen atoms in total. The molecule has 39 heavy (non-hydrogen) atoms. The molecule has 0 saturated heterocycles. The van der Waals surface area contributed by atoms with Crippen molar-refractivity contribution in [2.75, 3.05) is 37.7 Å². The van der Waals surface area contributed by atoms with E-state index < -0.39 is 0 Å². The van der Waals surface area contributed by atoms with Crippen molar-refractivity contribution in [1.82, 2.24) is 9.80 Å². The molecule has 0 fully saturated rings. The minimum atomic E-state index is -0.0622. The highest BCUT2D eigenvalue weighted by atomic mass is 16.5. The minimum Gasteiger partial charge on any atom is -0.493 e. The minimum absolute atomic E-state index is 0.0622. The summed E-state index contributed by atoms with van der Waals surface area (Å²) in [5.74, 6) is 0.937. The Kier molecular flexibility index (Phi) is 10.1. The smallest absolute Gasteiger partial charge is 0.257 e. The molecule has 0 radical (unpaired) electrons. The third-order valence-corrected chi connectivity index (χ3v) is 7.02. The highest BCUT2D eigenvalue weighted by molar-refractivity contribution is 5.97. The normalized spacial score (nSPS) is 15.0. The molecule has 1 aliphatic rings. The summed E-state index contributed by atoms with van der Waals surface area (Å²) in [5.41, 5.74) is 3.68. The average molecular weight is 528 g/mol. The van der Waals surface area contributed by atoms with Gasteiger partial charge in [0.2, 0.25) is 5.91 Å². The lowest BCUT2D eigenvalue weighted by Gasteiger charge is -2.29. The van der Waals surface area contributed by atoms with Crippen LogP contribution in [0.5, 0.6) is 5.75 Å². The van der Waals surface area contributed by atoms with Crippen LogP contribution in [0, 0.1) is 5.92 Å². The summed E-state index contributed by atoms with van der Waals surface area (Å²) in [6, 6.07) is 25.9. The van der Waals surface area contributed by atoms with Crippen LogP contribution >= 0.6 is 0 Å². The molecule has 0 saturated carbocycles. The zero-order valence-electron chi connectivity index (χ0n) is 23.5. The van der Waals surface area contributed by atoms with Gasteiger partial charge in [0, 0.05) is 51.4 Å². The van der Waals surface area contributed by atoms with E-state index in [1.807, 2.05) is 71.3 Å². The van der Waals surface area contributed by atoms with Gasteiger partial charge < -0.3 is 14.5 Å². The maximum Gasteiger partial charge on any atom is 0.257 e. The van der Waals surface area contributed by atoms with Crippen LogP contribution in [0.2, 0.25) is 0 Å². The van der Waals surface area contributed by atoms with Gasteiger partial charge in [0.1, 0.15) is 5.75 Å². The van der Waals surface area contributed by atoms with Gasteiger partial charge in [-0.2, -0.15) is 0 Å². The zero-order chi connectivity index (χ0) is 27.6. The number of fused-ring (bicyclic) bond motifs is 1. The van der Waals surface area contributed by atoms with Gasteiger partial charge in [0.15, 0.2) is 0 Å². The zero-order valence-corrected chi connectivity index (χ0v) is 23.5. The van der Waals surface area contributed by atoms with Crippen LogP contribution in [0.15, 0.2) is 78.9 Å². The van der Waals surface area contributed by atoms with Crippen molar-refractivity contribution in [3.63, 3.8) is 0 Å². The predicted molar refractivity (Wildman–Crippen MR) is 157 cm³/mol. The largest absolute Gasteiger partial charge is 0.493 e. The Bertz CT molecular complexity index is 1230. The summed E-state index contributed by atoms with van der Waals surface area (Å²) in [7, 11) is 0. The Hall–Kier alpha value is -3.64. The number of ether oxygens (including phenoxy) is 1. The van der Waals surface area contributed by atoms with E-state index in [-0.39, 0.29) is 17.7 Å². The van der Waals surface area contributed by atoms with Crippen LogP contribution < -0.4 is 9.64 Å². The summed E-state index contributed by atoms with van der Waals surface area (Å²) in [4.78, 5) is 33.7. The van der Waals surface area contributed by atoms with Crippen molar-refractivity contribution >= 4 is 17.5 Å². The summed E-state index contributed by atoms with van der Waals surface area (Å²) in [6.07, 6.45) is 1.35. The van der Waals surface area contributed by atoms with Gasteiger partial charge >= 0.3 is 0 Å². The summed E-state index contributed by atoms with van der Waals surface area (Å²) >= 11 is 0. The van der Waals surface area contributed by atoms with E-state index in [0.717, 1.165) is 37.3 Å². The van der Waals surface area contributed by atoms with E-state index in [1.54, 1.807) is 0 Å². The van der Waals surface area contributed by atoms with Crippen molar-refractivity contribution in [1.29, 1.82) is 0 Å². The van der Waals surface area contributed by atoms with Gasteiger partial charge in [-0.1, -0.05) is 74.5 Å². The number of anilines is 1. The molecule has 0 N–H and O–H groups in total. The third-order valence-electron chi connectivity index (χ3n) is 7.02. The topological polar surface area (TPSA) is 53.1 Å². The monoisotopic (exact) mass is 527 g/mol. The van der Waals surface area contributed by atoms with Gasteiger partial charge in [0.25, 0.3) is 5.91 Å². The van der Waals surface area contributed by atoms with Crippen LogP contribution in [0.3, 0.4) is 0 Å². The molecule has 0 bridgehead atoms. The first-order valence-electron chi connectivity index (χ1n) is 14.1. The standard InChI is InChI=1S/C33H41N3O3/c1-4-39-31-18-11-9-16-29(31)33(38)35-22-21-34(24-27-13-6-5-7-14-27)19-12-20-36(32(37)23-26(2)3)30-17-10-8-15-28(30)25-35/h5-11,13-18,26H,4,12,19-25H2,1-3H3. The summed E-state index contributed by atoms with van der Waals surface area (Å²) < 4.78 is 5.81. The van der Waals surface area contributed by atoms with Gasteiger partial charge in [-0.3, -0.25) is 14.5 Å². The Balaban J connectivity index is 1.70. The number of carbonyl (C=O) groups excluding carboxylic acids is 2. The first-order chi connectivity index (χ1) is 19.0. The number of amides is 2. The van der Waals surface area contributed by atoms with Crippen LogP contribution in [0.4, 0.5) is 5.69 Å². The number of carbonyl (C=O) groups is 2. The molecule has 2 amide bonds. The fraction of sp³-hybridized carbons (Fsp3) is 0.394. The summed E-state index contributed by atoms with van der Waals surface area (Å²) in [5, 5.41) is 0. The molecule has 3 aromatic carbocycles. The molecule has 206 valence electrons. The van der Waals surface area contributed by atoms with Crippen molar-refractivity contribution in [2.45, 2.75) is 46.7 Å². The number of hydrogen-bond acceptors (Lipinski definition) is 4. The highest BCUT2D eigenvalue weighted by Gasteiger charge is 2.25. The number of benzene rings is 3. The van der Waals surface area contributed by atoms with E-state index >= 15 is 0 Å². The second kappa shape index (κ2) is 13.9. The van der Waals surface area contributed by atoms with Gasteiger partial charge in [-0.15, -0.1) is 0 Å². The summed E-state index contributed by atoms with van der Waals surface area (Å²) in [6.45, 7) is 10.6. The molecule has 0 aromatic heterocycles. The van der Waals surface area contributed by atoms with Crippen molar-refractivity contribution < 1.29 is 14.3 Å². The second-order valence-corrected chi connectivity index (χ2v) is 10.5. The lowest BCUT2D eigenvalue weighted by molar-refractivity contribution is -0.119. The Morgan fingerprint density at radius 3 is 2.33 bits per heavy atom. The highest BCUT2D eigenvalue weighted by Crippen LogP contribution is 2.27. The molecular weight excluding hydrogens is 486 g/mol. The maximum atomic E-state index is 14.0. The van der Waals surface area contributed by atoms with Crippen molar-refractivity contribution in [3.05, 3.63) is 95.6 Å². The average Bonchev–Trinajstić information content (AvgIpc) is 2.97. The first-order valence-corrected chi connectivity index (χ1v) is 14.1.